The summed E-state index contributed by atoms with van der Waals surface area (Å²) in [4.78, 5) is 0. The first-order valence-electron chi connectivity index (χ1n) is 4.47. The molecule has 1 aliphatic carbocycles. The molecule has 1 fully saturated rings. The topological polar surface area (TPSA) is 23.8 Å². The Morgan fingerprint density at radius 3 is 2.42 bits per heavy atom. The third-order valence-electron chi connectivity index (χ3n) is 3.66. The van der Waals surface area contributed by atoms with Crippen LogP contribution in [-0.4, -0.2) is 5.67 Å². The summed E-state index contributed by atoms with van der Waals surface area (Å²) < 4.78 is 13.9. The summed E-state index contributed by atoms with van der Waals surface area (Å²) in [6.45, 7) is 5.52. The predicted molar refractivity (Wildman–Crippen MR) is 46.2 cm³/mol. The minimum absolute atomic E-state index is 0.234. The van der Waals surface area contributed by atoms with Gasteiger partial charge < -0.3 is 0 Å². The van der Waals surface area contributed by atoms with Gasteiger partial charge in [-0.3, -0.25) is 0 Å². The highest BCUT2D eigenvalue weighted by molar-refractivity contribution is 5.03. The van der Waals surface area contributed by atoms with E-state index in [9.17, 15) is 4.39 Å². The van der Waals surface area contributed by atoms with E-state index in [0.29, 0.717) is 12.8 Å². The van der Waals surface area contributed by atoms with Gasteiger partial charge in [0.25, 0.3) is 0 Å². The van der Waals surface area contributed by atoms with Gasteiger partial charge in [-0.15, -0.1) is 0 Å². The van der Waals surface area contributed by atoms with Crippen molar-refractivity contribution in [2.24, 2.45) is 11.3 Å². The number of rotatable bonds is 1. The monoisotopic (exact) mass is 169 g/mol. The molecule has 2 unspecified atom stereocenters. The van der Waals surface area contributed by atoms with Gasteiger partial charge in [0.1, 0.15) is 5.67 Å². The SMILES string of the molecule is CC1(F)CCC(CC#N)C1(C)C. The van der Waals surface area contributed by atoms with Crippen LogP contribution in [0.3, 0.4) is 0 Å². The molecule has 0 saturated heterocycles. The van der Waals surface area contributed by atoms with Crippen LogP contribution in [0.5, 0.6) is 0 Å². The van der Waals surface area contributed by atoms with Gasteiger partial charge in [0, 0.05) is 11.8 Å². The van der Waals surface area contributed by atoms with Gasteiger partial charge in [0.15, 0.2) is 0 Å². The highest BCUT2D eigenvalue weighted by Gasteiger charge is 2.51. The highest BCUT2D eigenvalue weighted by Crippen LogP contribution is 2.53. The molecule has 0 amide bonds. The number of hydrogen-bond acceptors (Lipinski definition) is 1. The van der Waals surface area contributed by atoms with E-state index in [2.05, 4.69) is 6.07 Å². The number of halogens is 1. The molecule has 1 aliphatic rings. The number of hydrogen-bond donors (Lipinski definition) is 0. The van der Waals surface area contributed by atoms with E-state index in [4.69, 9.17) is 5.26 Å². The molecule has 0 aromatic carbocycles. The first kappa shape index (κ1) is 9.51. The van der Waals surface area contributed by atoms with Crippen molar-refractivity contribution < 1.29 is 4.39 Å². The zero-order valence-electron chi connectivity index (χ0n) is 8.02. The Balaban J connectivity index is 2.80. The lowest BCUT2D eigenvalue weighted by Gasteiger charge is -2.34. The third-order valence-corrected chi connectivity index (χ3v) is 3.66. The van der Waals surface area contributed by atoms with Crippen LogP contribution in [0.2, 0.25) is 0 Å². The summed E-state index contributed by atoms with van der Waals surface area (Å²) in [5, 5.41) is 8.56. The van der Waals surface area contributed by atoms with Crippen LogP contribution in [0.1, 0.15) is 40.0 Å². The average Bonchev–Trinajstić information content (AvgIpc) is 2.13. The second-order valence-electron chi connectivity index (χ2n) is 4.52. The van der Waals surface area contributed by atoms with Crippen LogP contribution in [0.15, 0.2) is 0 Å². The summed E-state index contributed by atoms with van der Waals surface area (Å²) in [5.74, 6) is 0.234. The standard InChI is InChI=1S/C10H16FN/c1-9(2)8(5-7-12)4-6-10(9,3)11/h8H,4-6H2,1-3H3. The van der Waals surface area contributed by atoms with E-state index < -0.39 is 5.67 Å². The van der Waals surface area contributed by atoms with Crippen molar-refractivity contribution in [1.29, 1.82) is 5.26 Å². The van der Waals surface area contributed by atoms with Gasteiger partial charge in [-0.1, -0.05) is 13.8 Å². The fraction of sp³-hybridized carbons (Fsp3) is 0.900. The van der Waals surface area contributed by atoms with Crippen molar-refractivity contribution in [3.63, 3.8) is 0 Å². The van der Waals surface area contributed by atoms with Crippen LogP contribution in [0, 0.1) is 22.7 Å². The second-order valence-corrected chi connectivity index (χ2v) is 4.52. The molecule has 1 nitrogen and oxygen atoms in total. The zero-order chi connectivity index (χ0) is 9.41. The number of nitriles is 1. The Morgan fingerprint density at radius 1 is 1.50 bits per heavy atom. The Hall–Kier alpha value is -0.580. The molecule has 0 N–H and O–H groups in total. The summed E-state index contributed by atoms with van der Waals surface area (Å²) in [7, 11) is 0. The summed E-state index contributed by atoms with van der Waals surface area (Å²) in [5.41, 5.74) is -1.42. The zero-order valence-corrected chi connectivity index (χ0v) is 8.02. The minimum atomic E-state index is -1.09. The van der Waals surface area contributed by atoms with Gasteiger partial charge in [-0.2, -0.15) is 5.26 Å². The number of nitrogens with zero attached hydrogens (tertiary/aromatic N) is 1. The van der Waals surface area contributed by atoms with Gasteiger partial charge in [-0.25, -0.2) is 4.39 Å². The van der Waals surface area contributed by atoms with Crippen LogP contribution < -0.4 is 0 Å². The van der Waals surface area contributed by atoms with Crippen LogP contribution in [-0.2, 0) is 0 Å². The van der Waals surface area contributed by atoms with Gasteiger partial charge >= 0.3 is 0 Å². The summed E-state index contributed by atoms with van der Waals surface area (Å²) in [6.07, 6.45) is 1.95. The summed E-state index contributed by atoms with van der Waals surface area (Å²) >= 11 is 0. The molecule has 0 radical (unpaired) electrons. The van der Waals surface area contributed by atoms with Crippen molar-refractivity contribution in [3.8, 4) is 6.07 Å². The van der Waals surface area contributed by atoms with E-state index >= 15 is 0 Å². The van der Waals surface area contributed by atoms with Crippen LogP contribution in [0.25, 0.3) is 0 Å². The van der Waals surface area contributed by atoms with E-state index in [-0.39, 0.29) is 11.3 Å². The maximum absolute atomic E-state index is 13.9. The molecule has 68 valence electrons. The molecule has 0 heterocycles. The van der Waals surface area contributed by atoms with Gasteiger partial charge in [0.05, 0.1) is 6.07 Å². The first-order valence-corrected chi connectivity index (χ1v) is 4.47. The quantitative estimate of drug-likeness (QED) is 0.591. The average molecular weight is 169 g/mol. The fourth-order valence-electron chi connectivity index (χ4n) is 2.02. The fourth-order valence-corrected chi connectivity index (χ4v) is 2.02. The first-order chi connectivity index (χ1) is 5.42. The van der Waals surface area contributed by atoms with Gasteiger partial charge in [-0.05, 0) is 25.7 Å². The van der Waals surface area contributed by atoms with Crippen molar-refractivity contribution in [2.75, 3.05) is 0 Å². The Morgan fingerprint density at radius 2 is 2.08 bits per heavy atom. The Labute approximate surface area is 73.6 Å². The van der Waals surface area contributed by atoms with Gasteiger partial charge in [0.2, 0.25) is 0 Å². The normalized spacial score (nSPS) is 39.4. The van der Waals surface area contributed by atoms with Crippen molar-refractivity contribution in [3.05, 3.63) is 0 Å². The molecule has 2 heteroatoms. The number of alkyl halides is 1. The molecule has 0 spiro atoms. The second kappa shape index (κ2) is 2.73. The molecule has 2 atom stereocenters. The lowest BCUT2D eigenvalue weighted by Crippen LogP contribution is -2.35. The lowest BCUT2D eigenvalue weighted by atomic mass is 9.73. The highest BCUT2D eigenvalue weighted by atomic mass is 19.1. The third kappa shape index (κ3) is 1.22. The molecule has 1 rings (SSSR count). The molecular weight excluding hydrogens is 153 g/mol. The van der Waals surface area contributed by atoms with E-state index in [1.54, 1.807) is 6.92 Å². The van der Waals surface area contributed by atoms with Crippen molar-refractivity contribution in [1.82, 2.24) is 0 Å². The Bertz CT molecular complexity index is 212. The molecule has 0 aromatic heterocycles. The summed E-state index contributed by atoms with van der Waals surface area (Å²) in [6, 6.07) is 2.14. The van der Waals surface area contributed by atoms with E-state index in [0.717, 1.165) is 6.42 Å². The predicted octanol–water partition coefficient (Wildman–Crippen LogP) is 3.06. The van der Waals surface area contributed by atoms with Crippen molar-refractivity contribution >= 4 is 0 Å². The maximum atomic E-state index is 13.9. The Kier molecular flexibility index (Phi) is 2.16. The molecule has 0 aromatic rings. The molecule has 0 aliphatic heterocycles. The maximum Gasteiger partial charge on any atom is 0.113 e. The minimum Gasteiger partial charge on any atom is -0.244 e. The van der Waals surface area contributed by atoms with E-state index in [1.807, 2.05) is 13.8 Å². The van der Waals surface area contributed by atoms with Crippen LogP contribution >= 0.6 is 0 Å². The molecule has 12 heavy (non-hydrogen) atoms. The largest absolute Gasteiger partial charge is 0.244 e. The molecule has 0 bridgehead atoms. The van der Waals surface area contributed by atoms with Crippen molar-refractivity contribution in [2.45, 2.75) is 45.7 Å². The molecular formula is C10H16FN. The molecule has 1 saturated carbocycles. The van der Waals surface area contributed by atoms with E-state index in [1.165, 1.54) is 0 Å². The smallest absolute Gasteiger partial charge is 0.113 e. The lowest BCUT2D eigenvalue weighted by molar-refractivity contribution is 0.0409. The van der Waals surface area contributed by atoms with Crippen LogP contribution in [0.4, 0.5) is 4.39 Å².